The number of hydrogen-bond acceptors (Lipinski definition) is 7. The van der Waals surface area contributed by atoms with Crippen LogP contribution < -0.4 is 10.6 Å². The first kappa shape index (κ1) is 26.0. The molecule has 184 valence electrons. The molecule has 9 nitrogen and oxygen atoms in total. The van der Waals surface area contributed by atoms with Crippen molar-refractivity contribution in [3.8, 4) is 0 Å². The molecule has 2 heterocycles. The van der Waals surface area contributed by atoms with Gasteiger partial charge < -0.3 is 20.3 Å². The smallest absolute Gasteiger partial charge is 0.254 e. The number of aryl methyl sites for hydroxylation is 1. The number of pyridine rings is 1. The summed E-state index contributed by atoms with van der Waals surface area (Å²) in [6.45, 7) is 2.87. The number of aromatic nitrogens is 2. The molecule has 0 fully saturated rings. The molecule has 3 amide bonds. The van der Waals surface area contributed by atoms with Crippen molar-refractivity contribution in [3.05, 3.63) is 76.6 Å². The Hall–Kier alpha value is -3.63. The van der Waals surface area contributed by atoms with Crippen LogP contribution in [0.3, 0.4) is 0 Å². The van der Waals surface area contributed by atoms with Crippen molar-refractivity contribution in [2.75, 3.05) is 38.7 Å². The zero-order valence-electron chi connectivity index (χ0n) is 19.8. The third kappa shape index (κ3) is 8.58. The molecular formula is C25H29N5O4S. The second-order valence-corrected chi connectivity index (χ2v) is 8.73. The van der Waals surface area contributed by atoms with E-state index < -0.39 is 0 Å². The molecular weight excluding hydrogens is 466 g/mol. The molecule has 0 atom stereocenters. The first-order valence-electron chi connectivity index (χ1n) is 11.2. The first-order valence-corrected chi connectivity index (χ1v) is 12.1. The highest BCUT2D eigenvalue weighted by molar-refractivity contribution is 7.13. The van der Waals surface area contributed by atoms with E-state index in [1.54, 1.807) is 30.8 Å². The molecule has 0 saturated carbocycles. The highest BCUT2D eigenvalue weighted by atomic mass is 32.1. The van der Waals surface area contributed by atoms with Gasteiger partial charge in [-0.1, -0.05) is 23.8 Å². The molecule has 0 spiro atoms. The summed E-state index contributed by atoms with van der Waals surface area (Å²) in [6.07, 6.45) is 2.48. The van der Waals surface area contributed by atoms with Gasteiger partial charge >= 0.3 is 0 Å². The van der Waals surface area contributed by atoms with Crippen LogP contribution in [-0.4, -0.2) is 65.9 Å². The van der Waals surface area contributed by atoms with Crippen LogP contribution in [0.15, 0.2) is 54.0 Å². The zero-order chi connectivity index (χ0) is 25.0. The first-order chi connectivity index (χ1) is 16.9. The molecule has 35 heavy (non-hydrogen) atoms. The number of hydrogen-bond donors (Lipinski definition) is 2. The van der Waals surface area contributed by atoms with Crippen LogP contribution in [-0.2, 0) is 27.2 Å². The van der Waals surface area contributed by atoms with Crippen molar-refractivity contribution in [1.82, 2.24) is 20.2 Å². The third-order valence-electron chi connectivity index (χ3n) is 5.05. The lowest BCUT2D eigenvalue weighted by Crippen LogP contribution is -2.40. The Kier molecular flexibility index (Phi) is 9.88. The van der Waals surface area contributed by atoms with Gasteiger partial charge in [-0.2, -0.15) is 0 Å². The Labute approximate surface area is 208 Å². The van der Waals surface area contributed by atoms with E-state index in [4.69, 9.17) is 4.74 Å². The molecule has 1 aromatic carbocycles. The number of carbonyl (C=O) groups excluding carboxylic acids is 3. The summed E-state index contributed by atoms with van der Waals surface area (Å²) in [5.74, 6) is -0.778. The summed E-state index contributed by atoms with van der Waals surface area (Å²) in [5.41, 5.74) is 3.02. The predicted octanol–water partition coefficient (Wildman–Crippen LogP) is 2.48. The maximum Gasteiger partial charge on any atom is 0.254 e. The van der Waals surface area contributed by atoms with Gasteiger partial charge in [-0.3, -0.25) is 19.4 Å². The summed E-state index contributed by atoms with van der Waals surface area (Å²) in [7, 11) is 1.54. The zero-order valence-corrected chi connectivity index (χ0v) is 20.6. The van der Waals surface area contributed by atoms with Gasteiger partial charge in [0.15, 0.2) is 5.13 Å². The SMILES string of the molecule is COCCN(CC(=O)Nc1nc(CC(=O)NCCc2ccccn2)cs1)C(=O)c1ccc(C)cc1. The molecule has 3 aromatic rings. The van der Waals surface area contributed by atoms with Crippen molar-refractivity contribution in [1.29, 1.82) is 0 Å². The van der Waals surface area contributed by atoms with Gasteiger partial charge in [-0.15, -0.1) is 11.3 Å². The lowest BCUT2D eigenvalue weighted by atomic mass is 10.1. The van der Waals surface area contributed by atoms with E-state index in [1.165, 1.54) is 16.2 Å². The number of nitrogens with one attached hydrogen (secondary N) is 2. The van der Waals surface area contributed by atoms with Crippen LogP contribution in [0.2, 0.25) is 0 Å². The molecule has 0 bridgehead atoms. The van der Waals surface area contributed by atoms with E-state index >= 15 is 0 Å². The van der Waals surface area contributed by atoms with Gasteiger partial charge in [0.25, 0.3) is 5.91 Å². The van der Waals surface area contributed by atoms with Crippen molar-refractivity contribution in [2.24, 2.45) is 0 Å². The number of nitrogens with zero attached hydrogens (tertiary/aromatic N) is 3. The number of ether oxygens (including phenoxy) is 1. The van der Waals surface area contributed by atoms with Crippen LogP contribution in [0.1, 0.15) is 27.3 Å². The Bertz CT molecular complexity index is 1120. The Morgan fingerprint density at radius 3 is 2.57 bits per heavy atom. The maximum atomic E-state index is 12.9. The van der Waals surface area contributed by atoms with Gasteiger partial charge in [-0.05, 0) is 31.2 Å². The minimum Gasteiger partial charge on any atom is -0.383 e. The molecule has 3 rings (SSSR count). The number of benzene rings is 1. The fourth-order valence-electron chi connectivity index (χ4n) is 3.21. The number of carbonyl (C=O) groups is 3. The maximum absolute atomic E-state index is 12.9. The number of rotatable bonds is 12. The molecule has 10 heteroatoms. The van der Waals surface area contributed by atoms with Crippen molar-refractivity contribution in [2.45, 2.75) is 19.8 Å². The number of anilines is 1. The summed E-state index contributed by atoms with van der Waals surface area (Å²) in [6, 6.07) is 12.9. The van der Waals surface area contributed by atoms with Crippen LogP contribution >= 0.6 is 11.3 Å². The fourth-order valence-corrected chi connectivity index (χ4v) is 3.94. The predicted molar refractivity (Wildman–Crippen MR) is 134 cm³/mol. The quantitative estimate of drug-likeness (QED) is 0.399. The third-order valence-corrected chi connectivity index (χ3v) is 5.86. The topological polar surface area (TPSA) is 114 Å². The van der Waals surface area contributed by atoms with Gasteiger partial charge in [-0.25, -0.2) is 4.98 Å². The standard InChI is InChI=1S/C25H29N5O4S/c1-18-6-8-19(9-7-18)24(33)30(13-14-34-2)16-23(32)29-25-28-21(17-35-25)15-22(31)27-12-10-20-5-3-4-11-26-20/h3-9,11,17H,10,12-16H2,1-2H3,(H,27,31)(H,28,29,32). The Balaban J connectivity index is 1.49. The molecule has 2 N–H and O–H groups in total. The molecule has 0 unspecified atom stereocenters. The molecule has 0 aliphatic rings. The van der Waals surface area contributed by atoms with Crippen molar-refractivity contribution < 1.29 is 19.1 Å². The fraction of sp³-hybridized carbons (Fsp3) is 0.320. The molecule has 0 saturated heterocycles. The second-order valence-electron chi connectivity index (χ2n) is 7.88. The monoisotopic (exact) mass is 495 g/mol. The highest BCUT2D eigenvalue weighted by Gasteiger charge is 2.19. The van der Waals surface area contributed by atoms with E-state index in [-0.39, 0.29) is 37.2 Å². The minimum absolute atomic E-state index is 0.112. The van der Waals surface area contributed by atoms with E-state index in [0.717, 1.165) is 11.3 Å². The average Bonchev–Trinajstić information content (AvgIpc) is 3.28. The summed E-state index contributed by atoms with van der Waals surface area (Å²) < 4.78 is 5.09. The van der Waals surface area contributed by atoms with Gasteiger partial charge in [0, 0.05) is 49.5 Å². The molecule has 2 aromatic heterocycles. The second kappa shape index (κ2) is 13.3. The molecule has 0 aliphatic heterocycles. The van der Waals surface area contributed by atoms with E-state index in [1.807, 2.05) is 37.3 Å². The van der Waals surface area contributed by atoms with Gasteiger partial charge in [0.1, 0.15) is 6.54 Å². The van der Waals surface area contributed by atoms with Crippen LogP contribution in [0.5, 0.6) is 0 Å². The lowest BCUT2D eigenvalue weighted by Gasteiger charge is -2.21. The van der Waals surface area contributed by atoms with Crippen molar-refractivity contribution >= 4 is 34.2 Å². The molecule has 0 aliphatic carbocycles. The van der Waals surface area contributed by atoms with Crippen molar-refractivity contribution in [3.63, 3.8) is 0 Å². The van der Waals surface area contributed by atoms with E-state index in [9.17, 15) is 14.4 Å². The highest BCUT2D eigenvalue weighted by Crippen LogP contribution is 2.16. The van der Waals surface area contributed by atoms with E-state index in [2.05, 4.69) is 20.6 Å². The number of thiazole rings is 1. The lowest BCUT2D eigenvalue weighted by molar-refractivity contribution is -0.120. The summed E-state index contributed by atoms with van der Waals surface area (Å²) >= 11 is 1.23. The van der Waals surface area contributed by atoms with Crippen LogP contribution in [0.4, 0.5) is 5.13 Å². The Morgan fingerprint density at radius 1 is 1.06 bits per heavy atom. The largest absolute Gasteiger partial charge is 0.383 e. The molecule has 0 radical (unpaired) electrons. The van der Waals surface area contributed by atoms with E-state index in [0.29, 0.717) is 36.0 Å². The minimum atomic E-state index is -0.373. The number of amides is 3. The van der Waals surface area contributed by atoms with Gasteiger partial charge in [0.05, 0.1) is 18.7 Å². The average molecular weight is 496 g/mol. The normalized spacial score (nSPS) is 10.6. The Morgan fingerprint density at radius 2 is 1.86 bits per heavy atom. The summed E-state index contributed by atoms with van der Waals surface area (Å²) in [5, 5.41) is 7.67. The van der Waals surface area contributed by atoms with Crippen LogP contribution in [0.25, 0.3) is 0 Å². The van der Waals surface area contributed by atoms with Gasteiger partial charge in [0.2, 0.25) is 11.8 Å². The van der Waals surface area contributed by atoms with Crippen LogP contribution in [0, 0.1) is 6.92 Å². The summed E-state index contributed by atoms with van der Waals surface area (Å²) in [4.78, 5) is 47.7. The number of methoxy groups -OCH3 is 1.